The highest BCUT2D eigenvalue weighted by molar-refractivity contribution is 7.21. The fraction of sp³-hybridized carbons (Fsp3) is 0.400. The van der Waals surface area contributed by atoms with Crippen LogP contribution in [-0.2, 0) is 0 Å². The number of nitrogen functional groups attached to an aromatic ring is 1. The summed E-state index contributed by atoms with van der Waals surface area (Å²) in [7, 11) is 0. The molecule has 102 valence electrons. The van der Waals surface area contributed by atoms with Crippen LogP contribution in [0.2, 0.25) is 0 Å². The van der Waals surface area contributed by atoms with Gasteiger partial charge in [0.25, 0.3) is 5.91 Å². The van der Waals surface area contributed by atoms with E-state index in [4.69, 9.17) is 5.73 Å². The summed E-state index contributed by atoms with van der Waals surface area (Å²) >= 11 is 1.47. The Kier molecular flexibility index (Phi) is 4.43. The number of fused-ring (bicyclic) bond motifs is 1. The lowest BCUT2D eigenvalue weighted by molar-refractivity contribution is 0.0938. The van der Waals surface area contributed by atoms with E-state index in [1.165, 1.54) is 11.3 Å². The smallest absolute Gasteiger partial charge is 0.263 e. The van der Waals surface area contributed by atoms with Crippen LogP contribution in [0.15, 0.2) is 24.3 Å². The van der Waals surface area contributed by atoms with E-state index in [0.717, 1.165) is 29.3 Å². The molecule has 0 spiro atoms. The highest BCUT2D eigenvalue weighted by Gasteiger charge is 2.18. The van der Waals surface area contributed by atoms with E-state index in [9.17, 15) is 4.79 Å². The monoisotopic (exact) mass is 276 g/mol. The molecule has 3 nitrogen and oxygen atoms in total. The van der Waals surface area contributed by atoms with Crippen molar-refractivity contribution in [2.75, 3.05) is 5.73 Å². The highest BCUT2D eigenvalue weighted by Crippen LogP contribution is 2.33. The molecule has 2 rings (SSSR count). The second-order valence-corrected chi connectivity index (χ2v) is 5.76. The first kappa shape index (κ1) is 13.9. The summed E-state index contributed by atoms with van der Waals surface area (Å²) in [5.74, 6) is -0.0426. The van der Waals surface area contributed by atoms with Gasteiger partial charge in [-0.1, -0.05) is 38.5 Å². The summed E-state index contributed by atoms with van der Waals surface area (Å²) in [5.41, 5.74) is 6.68. The summed E-state index contributed by atoms with van der Waals surface area (Å²) in [6.45, 7) is 4.22. The third-order valence-electron chi connectivity index (χ3n) is 3.31. The summed E-state index contributed by atoms with van der Waals surface area (Å²) in [6.07, 6.45) is 3.03. The first-order chi connectivity index (χ1) is 9.17. The molecule has 1 aromatic carbocycles. The molecule has 1 atom stereocenters. The molecule has 1 heterocycles. The molecule has 0 bridgehead atoms. The van der Waals surface area contributed by atoms with Gasteiger partial charge in [0.2, 0.25) is 0 Å². The minimum atomic E-state index is -0.0426. The molecule has 1 amide bonds. The van der Waals surface area contributed by atoms with E-state index >= 15 is 0 Å². The van der Waals surface area contributed by atoms with Gasteiger partial charge in [0.15, 0.2) is 0 Å². The SMILES string of the molecule is CCCC(CC)NC(=O)c1sc2ccccc2c1N. The van der Waals surface area contributed by atoms with Crippen molar-refractivity contribution in [1.82, 2.24) is 5.32 Å². The topological polar surface area (TPSA) is 55.1 Å². The van der Waals surface area contributed by atoms with Crippen LogP contribution in [-0.4, -0.2) is 11.9 Å². The van der Waals surface area contributed by atoms with E-state index in [1.54, 1.807) is 0 Å². The minimum Gasteiger partial charge on any atom is -0.397 e. The average Bonchev–Trinajstić information content (AvgIpc) is 2.76. The summed E-state index contributed by atoms with van der Waals surface area (Å²) in [6, 6.07) is 8.10. The fourth-order valence-corrected chi connectivity index (χ4v) is 3.24. The highest BCUT2D eigenvalue weighted by atomic mass is 32.1. The quantitative estimate of drug-likeness (QED) is 0.873. The van der Waals surface area contributed by atoms with Crippen molar-refractivity contribution in [3.05, 3.63) is 29.1 Å². The van der Waals surface area contributed by atoms with Gasteiger partial charge in [0.05, 0.1) is 5.69 Å². The summed E-state index contributed by atoms with van der Waals surface area (Å²) in [5, 5.41) is 4.05. The van der Waals surface area contributed by atoms with Gasteiger partial charge in [-0.15, -0.1) is 11.3 Å². The van der Waals surface area contributed by atoms with Gasteiger partial charge in [-0.05, 0) is 18.9 Å². The molecular formula is C15H20N2OS. The average molecular weight is 276 g/mol. The van der Waals surface area contributed by atoms with Crippen molar-refractivity contribution in [2.45, 2.75) is 39.2 Å². The number of rotatable bonds is 5. The van der Waals surface area contributed by atoms with Crippen molar-refractivity contribution < 1.29 is 4.79 Å². The molecule has 0 aliphatic heterocycles. The number of hydrogen-bond acceptors (Lipinski definition) is 3. The van der Waals surface area contributed by atoms with Gasteiger partial charge in [0, 0.05) is 16.1 Å². The number of anilines is 1. The number of thiophene rings is 1. The number of carbonyl (C=O) groups excluding carboxylic acids is 1. The maximum Gasteiger partial charge on any atom is 0.263 e. The van der Waals surface area contributed by atoms with Gasteiger partial charge in [-0.2, -0.15) is 0 Å². The minimum absolute atomic E-state index is 0.0426. The predicted molar refractivity (Wildman–Crippen MR) is 82.7 cm³/mol. The molecule has 1 aromatic heterocycles. The van der Waals surface area contributed by atoms with Gasteiger partial charge < -0.3 is 11.1 Å². The molecule has 0 radical (unpaired) electrons. The molecule has 1 unspecified atom stereocenters. The van der Waals surface area contributed by atoms with E-state index in [1.807, 2.05) is 24.3 Å². The molecule has 0 saturated heterocycles. The zero-order valence-corrected chi connectivity index (χ0v) is 12.2. The molecule has 0 saturated carbocycles. The second-order valence-electron chi connectivity index (χ2n) is 4.71. The summed E-state index contributed by atoms with van der Waals surface area (Å²) in [4.78, 5) is 12.9. The molecule has 4 heteroatoms. The molecule has 2 aromatic rings. The molecular weight excluding hydrogens is 256 g/mol. The Balaban J connectivity index is 2.24. The molecule has 0 aliphatic carbocycles. The van der Waals surface area contributed by atoms with Crippen LogP contribution in [0.5, 0.6) is 0 Å². The molecule has 19 heavy (non-hydrogen) atoms. The third kappa shape index (κ3) is 2.89. The molecule has 0 fully saturated rings. The van der Waals surface area contributed by atoms with Crippen LogP contribution in [0.1, 0.15) is 42.8 Å². The van der Waals surface area contributed by atoms with Crippen LogP contribution < -0.4 is 11.1 Å². The Bertz CT molecular complexity index is 577. The Labute approximate surface area is 117 Å². The fourth-order valence-electron chi connectivity index (χ4n) is 2.21. The van der Waals surface area contributed by atoms with Crippen LogP contribution >= 0.6 is 11.3 Å². The maximum absolute atomic E-state index is 12.3. The normalized spacial score (nSPS) is 12.5. The van der Waals surface area contributed by atoms with E-state index in [0.29, 0.717) is 10.6 Å². The van der Waals surface area contributed by atoms with Crippen LogP contribution in [0.4, 0.5) is 5.69 Å². The van der Waals surface area contributed by atoms with E-state index in [2.05, 4.69) is 19.2 Å². The van der Waals surface area contributed by atoms with Crippen molar-refractivity contribution in [3.63, 3.8) is 0 Å². The lowest BCUT2D eigenvalue weighted by Crippen LogP contribution is -2.34. The van der Waals surface area contributed by atoms with Gasteiger partial charge in [0.1, 0.15) is 4.88 Å². The van der Waals surface area contributed by atoms with Gasteiger partial charge in [-0.3, -0.25) is 4.79 Å². The van der Waals surface area contributed by atoms with E-state index in [-0.39, 0.29) is 11.9 Å². The molecule has 3 N–H and O–H groups in total. The number of hydrogen-bond donors (Lipinski definition) is 2. The number of amides is 1. The Morgan fingerprint density at radius 1 is 1.37 bits per heavy atom. The zero-order valence-electron chi connectivity index (χ0n) is 11.4. The largest absolute Gasteiger partial charge is 0.397 e. The van der Waals surface area contributed by atoms with Crippen LogP contribution in [0.3, 0.4) is 0 Å². The number of benzene rings is 1. The molecule has 0 aliphatic rings. The lowest BCUT2D eigenvalue weighted by Gasteiger charge is -2.15. The first-order valence-corrected chi connectivity index (χ1v) is 7.56. The number of carbonyl (C=O) groups is 1. The number of nitrogens with two attached hydrogens (primary N) is 1. The third-order valence-corrected chi connectivity index (χ3v) is 4.49. The Morgan fingerprint density at radius 3 is 2.74 bits per heavy atom. The van der Waals surface area contributed by atoms with Crippen LogP contribution in [0, 0.1) is 0 Å². The van der Waals surface area contributed by atoms with E-state index < -0.39 is 0 Å². The van der Waals surface area contributed by atoms with Crippen molar-refractivity contribution >= 4 is 33.0 Å². The van der Waals surface area contributed by atoms with Crippen LogP contribution in [0.25, 0.3) is 10.1 Å². The van der Waals surface area contributed by atoms with Crippen molar-refractivity contribution in [2.24, 2.45) is 0 Å². The number of nitrogens with one attached hydrogen (secondary N) is 1. The maximum atomic E-state index is 12.3. The van der Waals surface area contributed by atoms with Gasteiger partial charge >= 0.3 is 0 Å². The first-order valence-electron chi connectivity index (χ1n) is 6.75. The standard InChI is InChI=1S/C15H20N2OS/c1-3-7-10(4-2)17-15(18)14-13(16)11-8-5-6-9-12(11)19-14/h5-6,8-10H,3-4,7,16H2,1-2H3,(H,17,18). The predicted octanol–water partition coefficient (Wildman–Crippen LogP) is 3.79. The lowest BCUT2D eigenvalue weighted by atomic mass is 10.1. The second kappa shape index (κ2) is 6.06. The summed E-state index contributed by atoms with van der Waals surface area (Å²) < 4.78 is 1.06. The van der Waals surface area contributed by atoms with Gasteiger partial charge in [-0.25, -0.2) is 0 Å². The Morgan fingerprint density at radius 2 is 2.11 bits per heavy atom. The zero-order chi connectivity index (χ0) is 13.8. The Hall–Kier alpha value is -1.55. The van der Waals surface area contributed by atoms with Crippen molar-refractivity contribution in [3.8, 4) is 0 Å². The van der Waals surface area contributed by atoms with Crippen molar-refractivity contribution in [1.29, 1.82) is 0 Å².